The van der Waals surface area contributed by atoms with E-state index in [-0.39, 0.29) is 24.1 Å². The smallest absolute Gasteiger partial charge is 0.137 e. The van der Waals surface area contributed by atoms with Gasteiger partial charge in [0.05, 0.1) is 4.47 Å². The molecule has 0 bridgehead atoms. The number of rotatable bonds is 5. The van der Waals surface area contributed by atoms with Crippen LogP contribution in [0.2, 0.25) is 0 Å². The molecule has 2 atom stereocenters. The van der Waals surface area contributed by atoms with Gasteiger partial charge in [-0.3, -0.25) is 0 Å². The minimum atomic E-state index is -1.04. The van der Waals surface area contributed by atoms with Crippen molar-refractivity contribution < 1.29 is 8.78 Å². The largest absolute Gasteiger partial charge is 0.330 e. The van der Waals surface area contributed by atoms with Gasteiger partial charge in [0.15, 0.2) is 0 Å². The number of hydrogen-bond donors (Lipinski definition) is 1. The van der Waals surface area contributed by atoms with Gasteiger partial charge in [-0.15, -0.1) is 0 Å². The molecule has 0 aliphatic heterocycles. The molecule has 0 aromatic heterocycles. The van der Waals surface area contributed by atoms with Gasteiger partial charge in [0.1, 0.15) is 12.0 Å². The van der Waals surface area contributed by atoms with E-state index in [1.165, 1.54) is 6.07 Å². The van der Waals surface area contributed by atoms with E-state index in [9.17, 15) is 8.78 Å². The molecule has 0 heterocycles. The van der Waals surface area contributed by atoms with Crippen LogP contribution >= 0.6 is 15.9 Å². The van der Waals surface area contributed by atoms with E-state index in [0.29, 0.717) is 16.6 Å². The lowest BCUT2D eigenvalue weighted by atomic mass is 9.88. The van der Waals surface area contributed by atoms with Crippen molar-refractivity contribution in [2.24, 2.45) is 17.6 Å². The Hall–Kier alpha value is -0.480. The first kappa shape index (κ1) is 14.6. The fourth-order valence-corrected chi connectivity index (χ4v) is 2.33. The molecular formula is C13H18BrF2N. The van der Waals surface area contributed by atoms with Crippen LogP contribution < -0.4 is 5.73 Å². The molecule has 0 amide bonds. The Kier molecular flexibility index (Phi) is 5.53. The molecule has 2 unspecified atom stereocenters. The Bertz CT molecular complexity index is 368. The van der Waals surface area contributed by atoms with Gasteiger partial charge in [0, 0.05) is 12.3 Å². The highest BCUT2D eigenvalue weighted by atomic mass is 79.9. The van der Waals surface area contributed by atoms with Gasteiger partial charge >= 0.3 is 0 Å². The predicted octanol–water partition coefficient (Wildman–Crippen LogP) is 3.70. The molecule has 0 fully saturated rings. The van der Waals surface area contributed by atoms with Crippen LogP contribution in [0.15, 0.2) is 22.7 Å². The molecule has 0 aliphatic rings. The van der Waals surface area contributed by atoms with Crippen molar-refractivity contribution in [1.82, 2.24) is 0 Å². The van der Waals surface area contributed by atoms with Gasteiger partial charge in [-0.2, -0.15) is 0 Å². The number of benzene rings is 1. The molecule has 1 aromatic rings. The van der Waals surface area contributed by atoms with Crippen LogP contribution in [0.1, 0.15) is 19.4 Å². The topological polar surface area (TPSA) is 26.0 Å². The van der Waals surface area contributed by atoms with E-state index < -0.39 is 6.17 Å². The number of alkyl halides is 1. The lowest BCUT2D eigenvalue weighted by Crippen LogP contribution is -2.30. The minimum Gasteiger partial charge on any atom is -0.330 e. The maximum atomic E-state index is 14.1. The van der Waals surface area contributed by atoms with E-state index >= 15 is 0 Å². The maximum Gasteiger partial charge on any atom is 0.137 e. The summed E-state index contributed by atoms with van der Waals surface area (Å²) in [6, 6.07) is 4.67. The summed E-state index contributed by atoms with van der Waals surface area (Å²) in [6.45, 7) is 4.21. The van der Waals surface area contributed by atoms with Crippen LogP contribution in [0.5, 0.6) is 0 Å². The zero-order valence-electron chi connectivity index (χ0n) is 10.1. The van der Waals surface area contributed by atoms with Crippen LogP contribution in [0.25, 0.3) is 0 Å². The molecule has 1 rings (SSSR count). The Morgan fingerprint density at radius 2 is 2.00 bits per heavy atom. The highest BCUT2D eigenvalue weighted by Crippen LogP contribution is 2.26. The molecule has 96 valence electrons. The first-order valence-electron chi connectivity index (χ1n) is 5.74. The Balaban J connectivity index is 2.80. The molecular weight excluding hydrogens is 288 g/mol. The van der Waals surface area contributed by atoms with Crippen molar-refractivity contribution in [2.45, 2.75) is 26.4 Å². The van der Waals surface area contributed by atoms with Crippen molar-refractivity contribution in [3.63, 3.8) is 0 Å². The van der Waals surface area contributed by atoms with Gasteiger partial charge in [0.2, 0.25) is 0 Å². The van der Waals surface area contributed by atoms with Crippen LogP contribution in [-0.2, 0) is 6.42 Å². The molecule has 0 aliphatic carbocycles. The first-order chi connectivity index (χ1) is 7.97. The molecule has 2 N–H and O–H groups in total. The molecule has 17 heavy (non-hydrogen) atoms. The van der Waals surface area contributed by atoms with Gasteiger partial charge < -0.3 is 5.73 Å². The lowest BCUT2D eigenvalue weighted by molar-refractivity contribution is 0.185. The van der Waals surface area contributed by atoms with Gasteiger partial charge in [-0.1, -0.05) is 26.0 Å². The minimum absolute atomic E-state index is 0.183. The zero-order valence-corrected chi connectivity index (χ0v) is 11.7. The third-order valence-electron chi connectivity index (χ3n) is 3.04. The molecule has 1 aromatic carbocycles. The lowest BCUT2D eigenvalue weighted by Gasteiger charge is -2.23. The van der Waals surface area contributed by atoms with Crippen LogP contribution in [0.4, 0.5) is 8.78 Å². The third kappa shape index (κ3) is 3.75. The van der Waals surface area contributed by atoms with Crippen molar-refractivity contribution >= 4 is 15.9 Å². The van der Waals surface area contributed by atoms with Gasteiger partial charge in [-0.25, -0.2) is 8.78 Å². The van der Waals surface area contributed by atoms with Crippen molar-refractivity contribution in [1.29, 1.82) is 0 Å². The van der Waals surface area contributed by atoms with E-state index in [0.717, 1.165) is 0 Å². The summed E-state index contributed by atoms with van der Waals surface area (Å²) in [6.07, 6.45) is -0.851. The van der Waals surface area contributed by atoms with Gasteiger partial charge in [0.25, 0.3) is 0 Å². The average molecular weight is 306 g/mol. The van der Waals surface area contributed by atoms with Crippen molar-refractivity contribution in [3.8, 4) is 0 Å². The average Bonchev–Trinajstić information content (AvgIpc) is 2.25. The second kappa shape index (κ2) is 6.45. The summed E-state index contributed by atoms with van der Waals surface area (Å²) in [5.74, 6) is -0.365. The Labute approximate surface area is 110 Å². The number of nitrogens with two attached hydrogens (primary N) is 1. The second-order valence-corrected chi connectivity index (χ2v) is 5.37. The molecule has 0 saturated heterocycles. The van der Waals surface area contributed by atoms with E-state index in [4.69, 9.17) is 5.73 Å². The molecule has 0 spiro atoms. The van der Waals surface area contributed by atoms with E-state index in [1.54, 1.807) is 12.1 Å². The fraction of sp³-hybridized carbons (Fsp3) is 0.538. The normalized spacial score (nSPS) is 15.0. The standard InChI is InChI=1S/C13H18BrF2N/c1-8(2)10(7-17)12(16)6-9-4-3-5-11(15)13(9)14/h3-5,8,10,12H,6-7,17H2,1-2H3. The number of hydrogen-bond acceptors (Lipinski definition) is 1. The van der Waals surface area contributed by atoms with Crippen LogP contribution in [0.3, 0.4) is 0 Å². The molecule has 1 nitrogen and oxygen atoms in total. The van der Waals surface area contributed by atoms with Crippen molar-refractivity contribution in [2.75, 3.05) is 6.54 Å². The maximum absolute atomic E-state index is 14.1. The third-order valence-corrected chi connectivity index (χ3v) is 3.93. The summed E-state index contributed by atoms with van der Waals surface area (Å²) >= 11 is 3.14. The zero-order chi connectivity index (χ0) is 13.0. The van der Waals surface area contributed by atoms with Crippen LogP contribution in [0, 0.1) is 17.7 Å². The Morgan fingerprint density at radius 3 is 2.53 bits per heavy atom. The second-order valence-electron chi connectivity index (χ2n) is 4.58. The summed E-state index contributed by atoms with van der Waals surface area (Å²) in [4.78, 5) is 0. The summed E-state index contributed by atoms with van der Waals surface area (Å²) in [5, 5.41) is 0. The number of halogens is 3. The van der Waals surface area contributed by atoms with Crippen molar-refractivity contribution in [3.05, 3.63) is 34.1 Å². The summed E-state index contributed by atoms with van der Waals surface area (Å²) in [5.41, 5.74) is 6.22. The van der Waals surface area contributed by atoms with E-state index in [1.807, 2.05) is 13.8 Å². The first-order valence-corrected chi connectivity index (χ1v) is 6.53. The fourth-order valence-electron chi connectivity index (χ4n) is 1.91. The summed E-state index contributed by atoms with van der Waals surface area (Å²) in [7, 11) is 0. The monoisotopic (exact) mass is 305 g/mol. The quantitative estimate of drug-likeness (QED) is 0.882. The predicted molar refractivity (Wildman–Crippen MR) is 70.1 cm³/mol. The highest BCUT2D eigenvalue weighted by Gasteiger charge is 2.24. The Morgan fingerprint density at radius 1 is 1.35 bits per heavy atom. The van der Waals surface area contributed by atoms with Crippen LogP contribution in [-0.4, -0.2) is 12.7 Å². The SMILES string of the molecule is CC(C)C(CN)C(F)Cc1cccc(F)c1Br. The van der Waals surface area contributed by atoms with Gasteiger partial charge in [-0.05, 0) is 40.0 Å². The summed E-state index contributed by atoms with van der Waals surface area (Å²) < 4.78 is 27.7. The molecule has 0 saturated carbocycles. The molecule has 0 radical (unpaired) electrons. The van der Waals surface area contributed by atoms with E-state index in [2.05, 4.69) is 15.9 Å². The molecule has 4 heteroatoms. The highest BCUT2D eigenvalue weighted by molar-refractivity contribution is 9.10.